The number of phenolic OH excluding ortho intramolecular Hbond substituents is 10. The molecule has 14 nitrogen and oxygen atoms in total. The van der Waals surface area contributed by atoms with Crippen molar-refractivity contribution in [2.75, 3.05) is 26.4 Å². The monoisotopic (exact) mass is 762 g/mol. The molecule has 0 heterocycles. The summed E-state index contributed by atoms with van der Waals surface area (Å²) >= 11 is 0. The number of rotatable bonds is 13. The van der Waals surface area contributed by atoms with Crippen LogP contribution in [0.3, 0.4) is 0 Å². The van der Waals surface area contributed by atoms with Gasteiger partial charge < -0.3 is 71.5 Å². The lowest BCUT2D eigenvalue weighted by molar-refractivity contribution is 0.299. The highest BCUT2D eigenvalue weighted by Crippen LogP contribution is 2.52. The number of aliphatic hydroxyl groups is 4. The molecule has 0 fully saturated rings. The summed E-state index contributed by atoms with van der Waals surface area (Å²) in [5, 5.41) is 140. The minimum atomic E-state index is -0.633. The van der Waals surface area contributed by atoms with E-state index in [1.165, 1.54) is 48.5 Å². The largest absolute Gasteiger partial charge is 0.504 e. The van der Waals surface area contributed by atoms with Crippen LogP contribution >= 0.6 is 0 Å². The maximum atomic E-state index is 11.0. The molecule has 0 aromatic heterocycles. The Hall–Kier alpha value is -6.06. The molecule has 14 heteroatoms. The predicted octanol–water partition coefficient (Wildman–Crippen LogP) is 4.52. The summed E-state index contributed by atoms with van der Waals surface area (Å²) in [6, 6.07) is 12.9. The lowest BCUT2D eigenvalue weighted by atomic mass is 9.87. The summed E-state index contributed by atoms with van der Waals surface area (Å²) in [5.74, 6) is -4.75. The molecule has 0 aliphatic heterocycles. The van der Waals surface area contributed by atoms with Crippen molar-refractivity contribution in [2.24, 2.45) is 0 Å². The van der Waals surface area contributed by atoms with E-state index >= 15 is 0 Å². The van der Waals surface area contributed by atoms with Gasteiger partial charge in [-0.15, -0.1) is 0 Å². The van der Waals surface area contributed by atoms with E-state index in [0.29, 0.717) is 34.2 Å². The summed E-state index contributed by atoms with van der Waals surface area (Å²) in [7, 11) is 0. The first-order valence-corrected chi connectivity index (χ1v) is 17.4. The van der Waals surface area contributed by atoms with Gasteiger partial charge in [0.1, 0.15) is 0 Å². The summed E-state index contributed by atoms with van der Waals surface area (Å²) in [6.07, 6.45) is 2.03. The molecular formula is C41H46O14. The fourth-order valence-corrected chi connectivity index (χ4v) is 6.39. The molecule has 55 heavy (non-hydrogen) atoms. The quantitative estimate of drug-likeness (QED) is 0.0735. The molecule has 294 valence electrons. The minimum absolute atomic E-state index is 0.0172. The Balaban J connectivity index is 0.000000265. The van der Waals surface area contributed by atoms with Gasteiger partial charge in [0.15, 0.2) is 57.5 Å². The maximum absolute atomic E-state index is 11.0. The van der Waals surface area contributed by atoms with Crippen LogP contribution in [0.2, 0.25) is 0 Å². The van der Waals surface area contributed by atoms with Gasteiger partial charge in [-0.3, -0.25) is 0 Å². The van der Waals surface area contributed by atoms with Crippen molar-refractivity contribution < 1.29 is 71.5 Å². The first-order valence-electron chi connectivity index (χ1n) is 17.4. The first kappa shape index (κ1) is 41.7. The topological polar surface area (TPSA) is 283 Å². The molecule has 0 radical (unpaired) electrons. The van der Waals surface area contributed by atoms with E-state index in [2.05, 4.69) is 0 Å². The molecule has 0 spiro atoms. The normalized spacial score (nSPS) is 11.0. The second-order valence-electron chi connectivity index (χ2n) is 12.8. The molecule has 0 bridgehead atoms. The van der Waals surface area contributed by atoms with Crippen LogP contribution in [0.15, 0.2) is 54.6 Å². The van der Waals surface area contributed by atoms with E-state index < -0.39 is 40.2 Å². The zero-order valence-electron chi connectivity index (χ0n) is 30.0. The number of hydrogen-bond acceptors (Lipinski definition) is 14. The van der Waals surface area contributed by atoms with Gasteiger partial charge >= 0.3 is 0 Å². The molecule has 0 atom stereocenters. The third-order valence-electron chi connectivity index (χ3n) is 8.98. The molecule has 0 saturated heterocycles. The SMILES string of the molecule is CCCc1cc(O)c(O)c(-c2c(CCO)cc(-c3c(CCO)ccc(O)c3O)c(O)c2O)c1.OCCc1cc(O)c(O)c(-c2cc(CCO)cc(O)c2O)c1. The maximum Gasteiger partial charge on any atom is 0.166 e. The van der Waals surface area contributed by atoms with E-state index in [9.17, 15) is 61.3 Å². The highest BCUT2D eigenvalue weighted by atomic mass is 16.3. The Kier molecular flexibility index (Phi) is 13.9. The fourth-order valence-electron chi connectivity index (χ4n) is 6.39. The van der Waals surface area contributed by atoms with Crippen molar-refractivity contribution >= 4 is 0 Å². The number of phenols is 10. The van der Waals surface area contributed by atoms with Gasteiger partial charge in [0.2, 0.25) is 0 Å². The third kappa shape index (κ3) is 9.01. The zero-order valence-corrected chi connectivity index (χ0v) is 30.0. The van der Waals surface area contributed by atoms with Gasteiger partial charge in [0, 0.05) is 59.8 Å². The molecule has 14 N–H and O–H groups in total. The average molecular weight is 763 g/mol. The highest BCUT2D eigenvalue weighted by molar-refractivity contribution is 5.91. The Morgan fingerprint density at radius 3 is 1.22 bits per heavy atom. The van der Waals surface area contributed by atoms with Crippen molar-refractivity contribution in [3.05, 3.63) is 82.4 Å². The molecule has 5 aromatic rings. The molecule has 0 unspecified atom stereocenters. The standard InChI is InChI=1S/C25H28O8.C16H18O6/c1-2-3-13-10-16(22(30)19(29)11-13)21-15(7-9-27)12-17(23(31)25(21)33)20-14(6-8-26)4-5-18(28)24(20)32;17-3-1-9-5-11(15(21)13(19)7-9)12-6-10(2-4-18)8-14(20)16(12)22/h4-5,10-12,26-33H,2-3,6-9H2,1H3;5-8,17-22H,1-4H2. The number of aryl methyl sites for hydroxylation is 1. The van der Waals surface area contributed by atoms with Crippen LogP contribution in [0.1, 0.15) is 41.2 Å². The van der Waals surface area contributed by atoms with E-state index in [1.54, 1.807) is 6.07 Å². The molecule has 0 aliphatic carbocycles. The first-order chi connectivity index (χ1) is 26.2. The van der Waals surface area contributed by atoms with Crippen molar-refractivity contribution in [1.82, 2.24) is 0 Å². The van der Waals surface area contributed by atoms with E-state index in [1.807, 2.05) is 6.92 Å². The number of aliphatic hydroxyl groups excluding tert-OH is 4. The number of benzene rings is 5. The zero-order chi connectivity index (χ0) is 40.6. The van der Waals surface area contributed by atoms with Gasteiger partial charge in [0.05, 0.1) is 0 Å². The molecule has 0 amide bonds. The Bertz CT molecular complexity index is 2080. The van der Waals surface area contributed by atoms with Crippen LogP contribution in [0.5, 0.6) is 57.5 Å². The summed E-state index contributed by atoms with van der Waals surface area (Å²) in [5.41, 5.74) is 2.96. The van der Waals surface area contributed by atoms with Crippen LogP contribution in [0.25, 0.3) is 33.4 Å². The summed E-state index contributed by atoms with van der Waals surface area (Å²) in [6.45, 7) is 1.10. The number of aromatic hydroxyl groups is 10. The number of hydrogen-bond donors (Lipinski definition) is 14. The molecule has 0 saturated carbocycles. The molecule has 0 aliphatic rings. The van der Waals surface area contributed by atoms with Crippen molar-refractivity contribution in [2.45, 2.75) is 45.4 Å². The average Bonchev–Trinajstić information content (AvgIpc) is 3.14. The van der Waals surface area contributed by atoms with E-state index in [-0.39, 0.29) is 103 Å². The lowest BCUT2D eigenvalue weighted by Gasteiger charge is -2.20. The Morgan fingerprint density at radius 2 is 0.745 bits per heavy atom. The van der Waals surface area contributed by atoms with Crippen LogP contribution in [-0.4, -0.2) is 97.9 Å². The Morgan fingerprint density at radius 1 is 0.345 bits per heavy atom. The van der Waals surface area contributed by atoms with Gasteiger partial charge in [-0.05, 0) is 108 Å². The van der Waals surface area contributed by atoms with Gasteiger partial charge in [-0.2, -0.15) is 0 Å². The second-order valence-corrected chi connectivity index (χ2v) is 12.8. The van der Waals surface area contributed by atoms with Crippen LogP contribution in [0, 0.1) is 0 Å². The Labute approximate surface area is 316 Å². The second kappa shape index (κ2) is 18.3. The van der Waals surface area contributed by atoms with E-state index in [4.69, 9.17) is 10.2 Å². The molecule has 5 aromatic carbocycles. The highest BCUT2D eigenvalue weighted by Gasteiger charge is 2.26. The van der Waals surface area contributed by atoms with Crippen LogP contribution < -0.4 is 0 Å². The van der Waals surface area contributed by atoms with Crippen molar-refractivity contribution in [3.8, 4) is 90.9 Å². The molecular weight excluding hydrogens is 716 g/mol. The minimum Gasteiger partial charge on any atom is -0.504 e. The van der Waals surface area contributed by atoms with Crippen molar-refractivity contribution in [3.63, 3.8) is 0 Å². The van der Waals surface area contributed by atoms with E-state index in [0.717, 1.165) is 6.42 Å². The predicted molar refractivity (Wildman–Crippen MR) is 203 cm³/mol. The smallest absolute Gasteiger partial charge is 0.166 e. The third-order valence-corrected chi connectivity index (χ3v) is 8.98. The van der Waals surface area contributed by atoms with Gasteiger partial charge in [0.25, 0.3) is 0 Å². The summed E-state index contributed by atoms with van der Waals surface area (Å²) in [4.78, 5) is 0. The van der Waals surface area contributed by atoms with Crippen LogP contribution in [-0.2, 0) is 32.1 Å². The lowest BCUT2D eigenvalue weighted by Crippen LogP contribution is -2.00. The molecule has 5 rings (SSSR count). The van der Waals surface area contributed by atoms with Gasteiger partial charge in [-0.1, -0.05) is 19.4 Å². The van der Waals surface area contributed by atoms with Crippen LogP contribution in [0.4, 0.5) is 0 Å². The summed E-state index contributed by atoms with van der Waals surface area (Å²) < 4.78 is 0. The van der Waals surface area contributed by atoms with Gasteiger partial charge in [-0.25, -0.2) is 0 Å². The van der Waals surface area contributed by atoms with Crippen molar-refractivity contribution in [1.29, 1.82) is 0 Å². The fraction of sp³-hybridized carbons (Fsp3) is 0.268.